The van der Waals surface area contributed by atoms with Gasteiger partial charge in [-0.15, -0.1) is 0 Å². The highest BCUT2D eigenvalue weighted by Crippen LogP contribution is 2.43. The van der Waals surface area contributed by atoms with Gasteiger partial charge in [-0.3, -0.25) is 23.4 Å². The van der Waals surface area contributed by atoms with Crippen LogP contribution in [0.15, 0.2) is 48.6 Å². The summed E-state index contributed by atoms with van der Waals surface area (Å²) in [6.07, 6.45) is 34.7. The van der Waals surface area contributed by atoms with Gasteiger partial charge < -0.3 is 25.2 Å². The lowest BCUT2D eigenvalue weighted by Crippen LogP contribution is -2.34. The van der Waals surface area contributed by atoms with Crippen LogP contribution in [0.5, 0.6) is 0 Å². The number of carbonyl (C=O) groups excluding carboxylic acids is 2. The number of hydrogen-bond acceptors (Lipinski definition) is 9. The zero-order valence-corrected chi connectivity index (χ0v) is 31.6. The molecule has 0 aliphatic rings. The second-order valence-corrected chi connectivity index (χ2v) is 13.9. The predicted molar refractivity (Wildman–Crippen MR) is 198 cm³/mol. The van der Waals surface area contributed by atoms with Gasteiger partial charge in [-0.25, -0.2) is 4.57 Å². The first-order valence-electron chi connectivity index (χ1n) is 18.7. The van der Waals surface area contributed by atoms with E-state index < -0.39 is 51.1 Å². The lowest BCUT2D eigenvalue weighted by Gasteiger charge is -2.20. The lowest BCUT2D eigenvalue weighted by molar-refractivity contribution is -0.161. The quantitative estimate of drug-likeness (QED) is 0.0250. The molecule has 4 N–H and O–H groups in total. The molecular weight excluding hydrogens is 661 g/mol. The third-order valence-corrected chi connectivity index (χ3v) is 8.64. The Labute approximate surface area is 301 Å². The van der Waals surface area contributed by atoms with Gasteiger partial charge >= 0.3 is 25.7 Å². The van der Waals surface area contributed by atoms with Crippen molar-refractivity contribution >= 4 is 25.7 Å². The summed E-state index contributed by atoms with van der Waals surface area (Å²) >= 11 is 0. The van der Waals surface area contributed by atoms with Crippen LogP contribution in [0.3, 0.4) is 0 Å². The highest BCUT2D eigenvalue weighted by molar-refractivity contribution is 7.47. The molecule has 12 heteroatoms. The molecule has 0 rings (SSSR count). The van der Waals surface area contributed by atoms with E-state index in [0.29, 0.717) is 12.8 Å². The van der Waals surface area contributed by atoms with Gasteiger partial charge in [-0.05, 0) is 32.1 Å². The highest BCUT2D eigenvalue weighted by atomic mass is 31.2. The minimum absolute atomic E-state index is 0.135. The van der Waals surface area contributed by atoms with Crippen LogP contribution in [-0.4, -0.2) is 59.9 Å². The van der Waals surface area contributed by atoms with Crippen molar-refractivity contribution in [3.63, 3.8) is 0 Å². The number of carboxylic acids is 1. The Balaban J connectivity index is 4.51. The average Bonchev–Trinajstić information content (AvgIpc) is 3.09. The van der Waals surface area contributed by atoms with Gasteiger partial charge in [0.2, 0.25) is 0 Å². The van der Waals surface area contributed by atoms with Gasteiger partial charge in [-0.2, -0.15) is 0 Å². The largest absolute Gasteiger partial charge is 0.480 e. The number of phosphoric ester groups is 1. The molecule has 0 saturated carbocycles. The Hall–Kier alpha value is -2.56. The highest BCUT2D eigenvalue weighted by Gasteiger charge is 2.28. The molecule has 0 fully saturated rings. The SMILES string of the molecule is CC/C=C/C=C/C=C/C=C/CCCCCCCC(=O)O[C@H](COC(=O)CCCCCCCCCCCCC)COP(=O)(O)OC[C@H](N)C(=O)O. The van der Waals surface area contributed by atoms with Crippen LogP contribution in [0, 0.1) is 0 Å². The molecule has 0 saturated heterocycles. The Morgan fingerprint density at radius 1 is 0.640 bits per heavy atom. The maximum atomic E-state index is 12.5. The first kappa shape index (κ1) is 47.4. The van der Waals surface area contributed by atoms with Crippen molar-refractivity contribution in [2.24, 2.45) is 5.73 Å². The number of carboxylic acid groups (broad SMARTS) is 1. The van der Waals surface area contributed by atoms with Gasteiger partial charge in [0.15, 0.2) is 6.10 Å². The van der Waals surface area contributed by atoms with Crippen LogP contribution in [0.1, 0.15) is 142 Å². The summed E-state index contributed by atoms with van der Waals surface area (Å²) in [6, 6.07) is -1.52. The normalized spacial score (nSPS) is 14.5. The van der Waals surface area contributed by atoms with Crippen molar-refractivity contribution in [3.05, 3.63) is 48.6 Å². The summed E-state index contributed by atoms with van der Waals surface area (Å²) in [6.45, 7) is 2.60. The maximum Gasteiger partial charge on any atom is 0.472 e. The van der Waals surface area contributed by atoms with Crippen LogP contribution in [0.4, 0.5) is 0 Å². The number of aliphatic carboxylic acids is 1. The Bertz CT molecular complexity index is 1040. The number of ether oxygens (including phenoxy) is 2. The minimum Gasteiger partial charge on any atom is -0.480 e. The number of nitrogens with two attached hydrogens (primary N) is 1. The van der Waals surface area contributed by atoms with Crippen LogP contribution in [0.25, 0.3) is 0 Å². The van der Waals surface area contributed by atoms with Gasteiger partial charge in [0.25, 0.3) is 0 Å². The molecule has 288 valence electrons. The van der Waals surface area contributed by atoms with Crippen LogP contribution in [0.2, 0.25) is 0 Å². The maximum absolute atomic E-state index is 12.5. The van der Waals surface area contributed by atoms with E-state index in [1.165, 1.54) is 44.9 Å². The monoisotopic (exact) mass is 727 g/mol. The molecule has 0 bridgehead atoms. The lowest BCUT2D eigenvalue weighted by atomic mass is 10.1. The molecular formula is C38H66NO10P. The predicted octanol–water partition coefficient (Wildman–Crippen LogP) is 9.05. The number of hydrogen-bond donors (Lipinski definition) is 3. The first-order chi connectivity index (χ1) is 24.1. The van der Waals surface area contributed by atoms with E-state index in [1.54, 1.807) is 0 Å². The fourth-order valence-corrected chi connectivity index (χ4v) is 5.50. The number of allylic oxidation sites excluding steroid dienone is 8. The van der Waals surface area contributed by atoms with Crippen molar-refractivity contribution in [2.45, 2.75) is 154 Å². The summed E-state index contributed by atoms with van der Waals surface area (Å²) in [5, 5.41) is 8.85. The summed E-state index contributed by atoms with van der Waals surface area (Å²) in [5.74, 6) is -2.42. The van der Waals surface area contributed by atoms with Gasteiger partial charge in [0.1, 0.15) is 12.6 Å². The second-order valence-electron chi connectivity index (χ2n) is 12.4. The second kappa shape index (κ2) is 33.6. The van der Waals surface area contributed by atoms with E-state index in [-0.39, 0.29) is 19.4 Å². The number of phosphoric acid groups is 1. The van der Waals surface area contributed by atoms with E-state index in [4.69, 9.17) is 24.8 Å². The molecule has 0 heterocycles. The molecule has 0 aromatic heterocycles. The Kier molecular flexibility index (Phi) is 31.9. The molecule has 0 aromatic carbocycles. The Morgan fingerprint density at radius 2 is 1.12 bits per heavy atom. The molecule has 3 atom stereocenters. The molecule has 0 aliphatic heterocycles. The van der Waals surface area contributed by atoms with Crippen LogP contribution < -0.4 is 5.73 Å². The molecule has 11 nitrogen and oxygen atoms in total. The standard InChI is InChI=1S/C38H66NO10P/c1-3-5-7-9-11-13-15-16-17-18-20-22-24-26-28-30-37(41)49-34(32-47-50(44,45)48-33-35(39)38(42)43)31-46-36(40)29-27-25-23-21-19-14-12-10-8-6-4-2/h5,7,9,11,13,15-17,34-35H,3-4,6,8,10,12,14,18-33,39H2,1-2H3,(H,42,43)(H,44,45)/b7-5+,11-9+,15-13+,17-16+/t34-,35+/m1/s1. The summed E-state index contributed by atoms with van der Waals surface area (Å²) in [7, 11) is -4.71. The average molecular weight is 728 g/mol. The number of esters is 2. The molecule has 0 amide bonds. The summed E-state index contributed by atoms with van der Waals surface area (Å²) < 4.78 is 32.5. The van der Waals surface area contributed by atoms with Crippen molar-refractivity contribution in [1.29, 1.82) is 0 Å². The molecule has 50 heavy (non-hydrogen) atoms. The summed E-state index contributed by atoms with van der Waals surface area (Å²) in [4.78, 5) is 45.7. The first-order valence-corrected chi connectivity index (χ1v) is 20.2. The fourth-order valence-electron chi connectivity index (χ4n) is 4.72. The van der Waals surface area contributed by atoms with Crippen LogP contribution >= 0.6 is 7.82 Å². The Morgan fingerprint density at radius 3 is 1.68 bits per heavy atom. The van der Waals surface area contributed by atoms with E-state index in [1.807, 2.05) is 36.5 Å². The minimum atomic E-state index is -4.71. The number of rotatable bonds is 34. The number of unbranched alkanes of at least 4 members (excludes halogenated alkanes) is 15. The summed E-state index contributed by atoms with van der Waals surface area (Å²) in [5.41, 5.74) is 5.31. The van der Waals surface area contributed by atoms with E-state index in [2.05, 4.69) is 30.5 Å². The van der Waals surface area contributed by atoms with Gasteiger partial charge in [-0.1, -0.05) is 146 Å². The number of carbonyl (C=O) groups is 3. The van der Waals surface area contributed by atoms with E-state index >= 15 is 0 Å². The van der Waals surface area contributed by atoms with Crippen molar-refractivity contribution in [2.75, 3.05) is 19.8 Å². The molecule has 1 unspecified atom stereocenters. The van der Waals surface area contributed by atoms with Crippen molar-refractivity contribution in [3.8, 4) is 0 Å². The zero-order valence-electron chi connectivity index (χ0n) is 30.7. The zero-order chi connectivity index (χ0) is 37.1. The smallest absolute Gasteiger partial charge is 0.472 e. The van der Waals surface area contributed by atoms with Crippen molar-refractivity contribution < 1.29 is 47.5 Å². The molecule has 0 aromatic rings. The topological polar surface area (TPSA) is 172 Å². The molecule has 0 radical (unpaired) electrons. The third kappa shape index (κ3) is 32.6. The van der Waals surface area contributed by atoms with Crippen molar-refractivity contribution in [1.82, 2.24) is 0 Å². The van der Waals surface area contributed by atoms with Gasteiger partial charge in [0, 0.05) is 12.8 Å². The molecule has 0 spiro atoms. The van der Waals surface area contributed by atoms with Crippen LogP contribution in [-0.2, 0) is 37.5 Å². The van der Waals surface area contributed by atoms with E-state index in [9.17, 15) is 23.8 Å². The van der Waals surface area contributed by atoms with Gasteiger partial charge in [0.05, 0.1) is 13.2 Å². The third-order valence-electron chi connectivity index (χ3n) is 7.69. The van der Waals surface area contributed by atoms with E-state index in [0.717, 1.165) is 57.8 Å². The molecule has 0 aliphatic carbocycles. The fraction of sp³-hybridized carbons (Fsp3) is 0.711.